The number of para-hydroxylation sites is 1. The molecule has 0 unspecified atom stereocenters. The van der Waals surface area contributed by atoms with E-state index < -0.39 is 0 Å². The van der Waals surface area contributed by atoms with Gasteiger partial charge in [-0.2, -0.15) is 0 Å². The van der Waals surface area contributed by atoms with Crippen LogP contribution in [-0.2, 0) is 0 Å². The van der Waals surface area contributed by atoms with Crippen LogP contribution in [0.25, 0.3) is 5.69 Å². The highest BCUT2D eigenvalue weighted by Gasteiger charge is 2.16. The molecule has 0 amide bonds. The smallest absolute Gasteiger partial charge is 0.146 e. The van der Waals surface area contributed by atoms with Crippen molar-refractivity contribution < 1.29 is 9.13 Å². The summed E-state index contributed by atoms with van der Waals surface area (Å²) in [5.41, 5.74) is 1.94. The lowest BCUT2D eigenvalue weighted by atomic mass is 10.2. The Bertz CT molecular complexity index is 820. The van der Waals surface area contributed by atoms with E-state index in [0.717, 1.165) is 11.4 Å². The topological polar surface area (TPSA) is 56.1 Å². The van der Waals surface area contributed by atoms with E-state index in [2.05, 4.69) is 15.5 Å². The number of hydrogen-bond acceptors (Lipinski definition) is 5. The zero-order valence-electron chi connectivity index (χ0n) is 13.7. The number of benzene rings is 2. The van der Waals surface area contributed by atoms with Crippen LogP contribution in [0.3, 0.4) is 0 Å². The van der Waals surface area contributed by atoms with Gasteiger partial charge in [-0.25, -0.2) is 9.07 Å². The van der Waals surface area contributed by atoms with Gasteiger partial charge in [0.15, 0.2) is 0 Å². The van der Waals surface area contributed by atoms with E-state index in [-0.39, 0.29) is 11.9 Å². The Morgan fingerprint density at radius 1 is 1.12 bits per heavy atom. The number of rotatable bonds is 5. The Balaban J connectivity index is 2.08. The number of halogens is 1. The normalized spacial score (nSPS) is 10.9. The number of tetrazole rings is 1. The van der Waals surface area contributed by atoms with Crippen molar-refractivity contribution in [3.63, 3.8) is 0 Å². The van der Waals surface area contributed by atoms with Crippen molar-refractivity contribution in [2.24, 2.45) is 0 Å². The molecule has 0 bridgehead atoms. The summed E-state index contributed by atoms with van der Waals surface area (Å²) in [6.45, 7) is 3.89. The molecule has 0 saturated heterocycles. The number of ether oxygens (including phenoxy) is 1. The molecule has 7 heteroatoms. The highest BCUT2D eigenvalue weighted by Crippen LogP contribution is 2.35. The molecule has 0 spiro atoms. The summed E-state index contributed by atoms with van der Waals surface area (Å²) in [6, 6.07) is 12.2. The van der Waals surface area contributed by atoms with Crippen molar-refractivity contribution >= 4 is 11.4 Å². The number of anilines is 2. The molecule has 1 heterocycles. The van der Waals surface area contributed by atoms with Crippen molar-refractivity contribution in [2.75, 3.05) is 11.9 Å². The Morgan fingerprint density at radius 3 is 2.58 bits per heavy atom. The van der Waals surface area contributed by atoms with Gasteiger partial charge in [-0.15, -0.1) is 5.10 Å². The van der Waals surface area contributed by atoms with Crippen molar-refractivity contribution in [1.82, 2.24) is 20.2 Å². The molecule has 0 fully saturated rings. The first kappa shape index (κ1) is 15.9. The Morgan fingerprint density at radius 2 is 1.92 bits per heavy atom. The van der Waals surface area contributed by atoms with Gasteiger partial charge in [0.1, 0.15) is 17.9 Å². The molecule has 0 aliphatic carbocycles. The molecular weight excluding hydrogens is 309 g/mol. The molecule has 6 nitrogen and oxygen atoms in total. The third kappa shape index (κ3) is 3.19. The zero-order chi connectivity index (χ0) is 17.1. The number of hydrogen-bond donors (Lipinski definition) is 0. The molecule has 0 atom stereocenters. The van der Waals surface area contributed by atoms with Crippen molar-refractivity contribution in [2.45, 2.75) is 20.0 Å². The third-order valence-corrected chi connectivity index (χ3v) is 3.49. The van der Waals surface area contributed by atoms with Crippen LogP contribution < -0.4 is 9.64 Å². The van der Waals surface area contributed by atoms with Gasteiger partial charge in [-0.05, 0) is 54.6 Å². The Kier molecular flexibility index (Phi) is 4.41. The summed E-state index contributed by atoms with van der Waals surface area (Å²) in [6.07, 6.45) is 1.50. The molecule has 3 rings (SSSR count). The van der Waals surface area contributed by atoms with Crippen LogP contribution in [0.2, 0.25) is 0 Å². The fraction of sp³-hybridized carbons (Fsp3) is 0.235. The van der Waals surface area contributed by atoms with Crippen LogP contribution in [0, 0.1) is 5.82 Å². The van der Waals surface area contributed by atoms with Gasteiger partial charge < -0.3 is 9.64 Å². The molecule has 2 aromatic carbocycles. The summed E-state index contributed by atoms with van der Waals surface area (Å²) in [4.78, 5) is 1.75. The van der Waals surface area contributed by atoms with Crippen LogP contribution in [-0.4, -0.2) is 33.4 Å². The van der Waals surface area contributed by atoms with Crippen LogP contribution in [0.5, 0.6) is 5.75 Å². The highest BCUT2D eigenvalue weighted by molar-refractivity contribution is 5.71. The van der Waals surface area contributed by atoms with Crippen molar-refractivity contribution in [3.05, 3.63) is 54.6 Å². The first-order valence-electron chi connectivity index (χ1n) is 7.58. The first-order valence-corrected chi connectivity index (χ1v) is 7.58. The molecule has 0 N–H and O–H groups in total. The second-order valence-corrected chi connectivity index (χ2v) is 5.58. The lowest BCUT2D eigenvalue weighted by Gasteiger charge is -2.24. The standard InChI is InChI=1S/C17H18FN5O/c1-12(2)24-17-9-8-13(23-11-19-20-21-23)10-16(17)22(3)15-7-5-4-6-14(15)18/h4-12H,1-3H3. The minimum absolute atomic E-state index is 0.00310. The second-order valence-electron chi connectivity index (χ2n) is 5.58. The molecule has 0 saturated carbocycles. The third-order valence-electron chi connectivity index (χ3n) is 3.49. The van der Waals surface area contributed by atoms with Crippen LogP contribution in [0.4, 0.5) is 15.8 Å². The minimum Gasteiger partial charge on any atom is -0.489 e. The van der Waals surface area contributed by atoms with E-state index in [1.165, 1.54) is 17.1 Å². The summed E-state index contributed by atoms with van der Waals surface area (Å²) in [5.74, 6) is 0.357. The quantitative estimate of drug-likeness (QED) is 0.719. The van der Waals surface area contributed by atoms with Crippen molar-refractivity contribution in [1.29, 1.82) is 0 Å². The predicted molar refractivity (Wildman–Crippen MR) is 89.4 cm³/mol. The summed E-state index contributed by atoms with van der Waals surface area (Å²) in [7, 11) is 1.80. The summed E-state index contributed by atoms with van der Waals surface area (Å²) < 4.78 is 21.6. The zero-order valence-corrected chi connectivity index (χ0v) is 13.7. The Hall–Kier alpha value is -2.96. The summed E-state index contributed by atoms with van der Waals surface area (Å²) >= 11 is 0. The van der Waals surface area contributed by atoms with Gasteiger partial charge in [-0.3, -0.25) is 0 Å². The molecule has 0 aliphatic heterocycles. The van der Waals surface area contributed by atoms with E-state index in [1.807, 2.05) is 32.0 Å². The van der Waals surface area contributed by atoms with E-state index >= 15 is 0 Å². The maximum absolute atomic E-state index is 14.2. The molecular formula is C17H18FN5O. The average Bonchev–Trinajstić information content (AvgIpc) is 3.09. The van der Waals surface area contributed by atoms with Gasteiger partial charge in [0, 0.05) is 7.05 Å². The molecule has 0 aliphatic rings. The Labute approximate surface area is 139 Å². The fourth-order valence-electron chi connectivity index (χ4n) is 2.40. The first-order chi connectivity index (χ1) is 11.6. The average molecular weight is 327 g/mol. The largest absolute Gasteiger partial charge is 0.489 e. The van der Waals surface area contributed by atoms with E-state index in [9.17, 15) is 4.39 Å². The SMILES string of the molecule is CC(C)Oc1ccc(-n2cnnn2)cc1N(C)c1ccccc1F. The predicted octanol–water partition coefficient (Wildman–Crippen LogP) is 3.36. The monoisotopic (exact) mass is 327 g/mol. The van der Waals surface area contributed by atoms with E-state index in [1.54, 1.807) is 30.1 Å². The number of aromatic nitrogens is 4. The number of nitrogens with zero attached hydrogens (tertiary/aromatic N) is 5. The van der Waals surface area contributed by atoms with E-state index in [4.69, 9.17) is 4.74 Å². The highest BCUT2D eigenvalue weighted by atomic mass is 19.1. The van der Waals surface area contributed by atoms with E-state index in [0.29, 0.717) is 11.4 Å². The molecule has 3 aromatic rings. The molecule has 124 valence electrons. The van der Waals surface area contributed by atoms with Gasteiger partial charge in [0.05, 0.1) is 23.2 Å². The molecule has 0 radical (unpaired) electrons. The lowest BCUT2D eigenvalue weighted by Crippen LogP contribution is -2.15. The fourth-order valence-corrected chi connectivity index (χ4v) is 2.40. The molecule has 1 aromatic heterocycles. The molecule has 24 heavy (non-hydrogen) atoms. The maximum atomic E-state index is 14.2. The van der Waals surface area contributed by atoms with Crippen LogP contribution in [0.1, 0.15) is 13.8 Å². The van der Waals surface area contributed by atoms with Gasteiger partial charge in [0.2, 0.25) is 0 Å². The van der Waals surface area contributed by atoms with Gasteiger partial charge in [0.25, 0.3) is 0 Å². The lowest BCUT2D eigenvalue weighted by molar-refractivity contribution is 0.243. The van der Waals surface area contributed by atoms with Crippen molar-refractivity contribution in [3.8, 4) is 11.4 Å². The van der Waals surface area contributed by atoms with Gasteiger partial charge in [-0.1, -0.05) is 12.1 Å². The van der Waals surface area contributed by atoms with Crippen LogP contribution in [0.15, 0.2) is 48.8 Å². The second kappa shape index (κ2) is 6.66. The minimum atomic E-state index is -0.302. The van der Waals surface area contributed by atoms with Crippen LogP contribution >= 0.6 is 0 Å². The van der Waals surface area contributed by atoms with Gasteiger partial charge >= 0.3 is 0 Å². The summed E-state index contributed by atoms with van der Waals surface area (Å²) in [5, 5.41) is 11.2. The maximum Gasteiger partial charge on any atom is 0.146 e.